The van der Waals surface area contributed by atoms with Crippen LogP contribution in [0.1, 0.15) is 24.2 Å². The number of carbonyl (C=O) groups excluding carboxylic acids is 3. The maximum atomic E-state index is 12.2. The Labute approximate surface area is 123 Å². The number of ketones is 1. The topological polar surface area (TPSA) is 78.5 Å². The molecular formula is C15H19N3O3. The van der Waals surface area contributed by atoms with Gasteiger partial charge in [0, 0.05) is 24.3 Å². The lowest BCUT2D eigenvalue weighted by molar-refractivity contribution is -0.127. The monoisotopic (exact) mass is 289 g/mol. The molecule has 1 fully saturated rings. The summed E-state index contributed by atoms with van der Waals surface area (Å²) in [7, 11) is 0. The second-order valence-electron chi connectivity index (χ2n) is 5.12. The van der Waals surface area contributed by atoms with Crippen LogP contribution in [0.15, 0.2) is 24.3 Å². The van der Waals surface area contributed by atoms with Gasteiger partial charge in [0.15, 0.2) is 5.78 Å². The minimum Gasteiger partial charge on any atom is -0.354 e. The van der Waals surface area contributed by atoms with Gasteiger partial charge in [-0.05, 0) is 26.0 Å². The van der Waals surface area contributed by atoms with Crippen molar-refractivity contribution < 1.29 is 14.4 Å². The molecule has 0 unspecified atom stereocenters. The van der Waals surface area contributed by atoms with E-state index in [1.165, 1.54) is 6.92 Å². The molecule has 0 aliphatic carbocycles. The van der Waals surface area contributed by atoms with Crippen LogP contribution in [0.25, 0.3) is 0 Å². The van der Waals surface area contributed by atoms with Crippen LogP contribution >= 0.6 is 0 Å². The van der Waals surface area contributed by atoms with Crippen LogP contribution in [0.2, 0.25) is 0 Å². The zero-order valence-corrected chi connectivity index (χ0v) is 12.2. The van der Waals surface area contributed by atoms with E-state index in [2.05, 4.69) is 10.6 Å². The molecule has 2 amide bonds. The summed E-state index contributed by atoms with van der Waals surface area (Å²) in [4.78, 5) is 36.7. The molecule has 0 aromatic heterocycles. The van der Waals surface area contributed by atoms with Gasteiger partial charge in [0.05, 0.1) is 12.6 Å². The molecule has 2 rings (SSSR count). The zero-order chi connectivity index (χ0) is 15.4. The van der Waals surface area contributed by atoms with Crippen LogP contribution in [-0.2, 0) is 9.59 Å². The molecule has 0 bridgehead atoms. The third-order valence-corrected chi connectivity index (χ3v) is 3.53. The highest BCUT2D eigenvalue weighted by atomic mass is 16.2. The Morgan fingerprint density at radius 3 is 2.81 bits per heavy atom. The van der Waals surface area contributed by atoms with E-state index in [4.69, 9.17) is 0 Å². The summed E-state index contributed by atoms with van der Waals surface area (Å²) in [6.45, 7) is 4.67. The molecule has 0 radical (unpaired) electrons. The molecule has 2 N–H and O–H groups in total. The number of nitrogens with zero attached hydrogens (tertiary/aromatic N) is 1. The number of anilines is 1. The SMILES string of the molecule is CC(=O)c1cccc(NC(=O)[C@@H](C)N2CCNC(=O)C2)c1. The molecule has 6 heteroatoms. The Balaban J connectivity index is 2.01. The van der Waals surface area contributed by atoms with Gasteiger partial charge in [-0.1, -0.05) is 12.1 Å². The number of rotatable bonds is 4. The maximum absolute atomic E-state index is 12.2. The molecule has 0 spiro atoms. The summed E-state index contributed by atoms with van der Waals surface area (Å²) in [5.41, 5.74) is 1.14. The van der Waals surface area contributed by atoms with Crippen LogP contribution in [0.4, 0.5) is 5.69 Å². The summed E-state index contributed by atoms with van der Waals surface area (Å²) in [5.74, 6) is -0.309. The number of benzene rings is 1. The lowest BCUT2D eigenvalue weighted by Gasteiger charge is -2.31. The summed E-state index contributed by atoms with van der Waals surface area (Å²) in [5, 5.41) is 5.51. The minimum atomic E-state index is -0.406. The molecule has 1 saturated heterocycles. The van der Waals surface area contributed by atoms with Crippen molar-refractivity contribution in [3.8, 4) is 0 Å². The van der Waals surface area contributed by atoms with E-state index in [1.54, 1.807) is 31.2 Å². The summed E-state index contributed by atoms with van der Waals surface area (Å²) in [6.07, 6.45) is 0. The number of Topliss-reactive ketones (excluding diaryl/α,β-unsaturated/α-hetero) is 1. The Morgan fingerprint density at radius 2 is 2.14 bits per heavy atom. The molecular weight excluding hydrogens is 270 g/mol. The Kier molecular flexibility index (Phi) is 4.70. The van der Waals surface area contributed by atoms with Crippen molar-refractivity contribution in [1.29, 1.82) is 0 Å². The molecule has 1 aliphatic rings. The van der Waals surface area contributed by atoms with E-state index in [-0.39, 0.29) is 24.1 Å². The summed E-state index contributed by atoms with van der Waals surface area (Å²) >= 11 is 0. The Hall–Kier alpha value is -2.21. The first-order valence-corrected chi connectivity index (χ1v) is 6.90. The first kappa shape index (κ1) is 15.2. The van der Waals surface area contributed by atoms with Gasteiger partial charge in [-0.2, -0.15) is 0 Å². The van der Waals surface area contributed by atoms with Crippen LogP contribution in [0.5, 0.6) is 0 Å². The number of amides is 2. The van der Waals surface area contributed by atoms with Gasteiger partial charge >= 0.3 is 0 Å². The average Bonchev–Trinajstić information content (AvgIpc) is 2.46. The molecule has 21 heavy (non-hydrogen) atoms. The third-order valence-electron chi connectivity index (χ3n) is 3.53. The Bertz CT molecular complexity index is 571. The highest BCUT2D eigenvalue weighted by molar-refractivity contribution is 5.98. The predicted octanol–water partition coefficient (Wildman–Crippen LogP) is 0.648. The van der Waals surface area contributed by atoms with Crippen molar-refractivity contribution in [3.05, 3.63) is 29.8 Å². The van der Waals surface area contributed by atoms with E-state index >= 15 is 0 Å². The largest absolute Gasteiger partial charge is 0.354 e. The van der Waals surface area contributed by atoms with Gasteiger partial charge < -0.3 is 10.6 Å². The second-order valence-corrected chi connectivity index (χ2v) is 5.12. The summed E-state index contributed by atoms with van der Waals surface area (Å²) in [6, 6.07) is 6.41. The molecule has 0 saturated carbocycles. The molecule has 1 heterocycles. The average molecular weight is 289 g/mol. The lowest BCUT2D eigenvalue weighted by atomic mass is 10.1. The standard InChI is InChI=1S/C15H19N3O3/c1-10(18-7-6-16-14(20)9-18)15(21)17-13-5-3-4-12(8-13)11(2)19/h3-5,8,10H,6-7,9H2,1-2H3,(H,16,20)(H,17,21)/t10-/m1/s1. The third kappa shape index (κ3) is 3.88. The van der Waals surface area contributed by atoms with Crippen LogP contribution < -0.4 is 10.6 Å². The maximum Gasteiger partial charge on any atom is 0.241 e. The number of hydrogen-bond acceptors (Lipinski definition) is 4. The number of hydrogen-bond donors (Lipinski definition) is 2. The van der Waals surface area contributed by atoms with E-state index in [0.29, 0.717) is 24.3 Å². The normalized spacial score (nSPS) is 17.0. The van der Waals surface area contributed by atoms with Crippen molar-refractivity contribution in [2.75, 3.05) is 25.0 Å². The predicted molar refractivity (Wildman–Crippen MR) is 79.1 cm³/mol. The number of piperazine rings is 1. The smallest absolute Gasteiger partial charge is 0.241 e. The number of nitrogens with one attached hydrogen (secondary N) is 2. The molecule has 1 aromatic rings. The highest BCUT2D eigenvalue weighted by Gasteiger charge is 2.25. The summed E-state index contributed by atoms with van der Waals surface area (Å²) < 4.78 is 0. The van der Waals surface area contributed by atoms with Crippen LogP contribution in [0.3, 0.4) is 0 Å². The van der Waals surface area contributed by atoms with Crippen LogP contribution in [-0.4, -0.2) is 48.2 Å². The quantitative estimate of drug-likeness (QED) is 0.798. The minimum absolute atomic E-state index is 0.0492. The zero-order valence-electron chi connectivity index (χ0n) is 12.2. The van der Waals surface area contributed by atoms with E-state index in [0.717, 1.165) is 0 Å². The fraction of sp³-hybridized carbons (Fsp3) is 0.400. The van der Waals surface area contributed by atoms with E-state index < -0.39 is 6.04 Å². The molecule has 1 aromatic carbocycles. The fourth-order valence-corrected chi connectivity index (χ4v) is 2.22. The van der Waals surface area contributed by atoms with Crippen molar-refractivity contribution in [2.45, 2.75) is 19.9 Å². The molecule has 112 valence electrons. The first-order valence-electron chi connectivity index (χ1n) is 6.90. The molecule has 1 atom stereocenters. The highest BCUT2D eigenvalue weighted by Crippen LogP contribution is 2.13. The van der Waals surface area contributed by atoms with Gasteiger partial charge in [-0.3, -0.25) is 19.3 Å². The van der Waals surface area contributed by atoms with Crippen molar-refractivity contribution in [2.24, 2.45) is 0 Å². The lowest BCUT2D eigenvalue weighted by Crippen LogP contribution is -2.53. The van der Waals surface area contributed by atoms with Gasteiger partial charge in [0.2, 0.25) is 11.8 Å². The van der Waals surface area contributed by atoms with Gasteiger partial charge in [0.25, 0.3) is 0 Å². The van der Waals surface area contributed by atoms with Crippen molar-refractivity contribution in [1.82, 2.24) is 10.2 Å². The fourth-order valence-electron chi connectivity index (χ4n) is 2.22. The van der Waals surface area contributed by atoms with Crippen molar-refractivity contribution >= 4 is 23.3 Å². The first-order chi connectivity index (χ1) is 9.97. The molecule has 6 nitrogen and oxygen atoms in total. The van der Waals surface area contributed by atoms with Gasteiger partial charge in [-0.25, -0.2) is 0 Å². The second kappa shape index (κ2) is 6.49. The van der Waals surface area contributed by atoms with Gasteiger partial charge in [0.1, 0.15) is 0 Å². The van der Waals surface area contributed by atoms with E-state index in [1.807, 2.05) is 4.90 Å². The van der Waals surface area contributed by atoms with Crippen molar-refractivity contribution in [3.63, 3.8) is 0 Å². The Morgan fingerprint density at radius 1 is 1.38 bits per heavy atom. The van der Waals surface area contributed by atoms with E-state index in [9.17, 15) is 14.4 Å². The molecule has 1 aliphatic heterocycles. The number of carbonyl (C=O) groups is 3. The van der Waals surface area contributed by atoms with Gasteiger partial charge in [-0.15, -0.1) is 0 Å². The van der Waals surface area contributed by atoms with Crippen LogP contribution in [0, 0.1) is 0 Å².